The Kier molecular flexibility index (Phi) is 4.83. The molecule has 2 aliphatic rings. The molecule has 0 radical (unpaired) electrons. The Morgan fingerprint density at radius 1 is 1.12 bits per heavy atom. The summed E-state index contributed by atoms with van der Waals surface area (Å²) in [4.78, 5) is 59.5. The molecule has 2 saturated heterocycles. The van der Waals surface area contributed by atoms with Crippen LogP contribution in [0.25, 0.3) is 0 Å². The number of hydrazine groups is 1. The van der Waals surface area contributed by atoms with E-state index >= 15 is 0 Å². The summed E-state index contributed by atoms with van der Waals surface area (Å²) in [6, 6.07) is 5.78. The van der Waals surface area contributed by atoms with Gasteiger partial charge >= 0.3 is 6.03 Å². The molecule has 0 aromatic heterocycles. The SMILES string of the molecule is O=C1CN(NC(=O)CNC(=O)c2ccc(N3CCCC3=O)cc2)C(=O)N1. The Bertz CT molecular complexity index is 776. The molecule has 1 aromatic rings. The van der Waals surface area contributed by atoms with Crippen LogP contribution >= 0.6 is 0 Å². The molecule has 0 aliphatic carbocycles. The lowest BCUT2D eigenvalue weighted by atomic mass is 10.2. The summed E-state index contributed by atoms with van der Waals surface area (Å²) in [5, 5.41) is 5.27. The third kappa shape index (κ3) is 3.79. The zero-order valence-electron chi connectivity index (χ0n) is 13.8. The second kappa shape index (κ2) is 7.21. The first-order valence-corrected chi connectivity index (χ1v) is 8.03. The van der Waals surface area contributed by atoms with Gasteiger partial charge in [-0.05, 0) is 30.7 Å². The predicted octanol–water partition coefficient (Wildman–Crippen LogP) is -0.874. The normalized spacial score (nSPS) is 16.7. The molecule has 136 valence electrons. The molecular formula is C16H17N5O5. The number of hydrogen-bond acceptors (Lipinski definition) is 5. The molecule has 6 amide bonds. The summed E-state index contributed by atoms with van der Waals surface area (Å²) in [7, 11) is 0. The van der Waals surface area contributed by atoms with E-state index in [1.807, 2.05) is 5.32 Å². The number of hydrogen-bond donors (Lipinski definition) is 3. The molecule has 2 aliphatic heterocycles. The monoisotopic (exact) mass is 359 g/mol. The number of benzene rings is 1. The minimum atomic E-state index is -0.721. The lowest BCUT2D eigenvalue weighted by Crippen LogP contribution is -2.48. The number of nitrogens with one attached hydrogen (secondary N) is 3. The topological polar surface area (TPSA) is 128 Å². The summed E-state index contributed by atoms with van der Waals surface area (Å²) in [5.74, 6) is -1.57. The van der Waals surface area contributed by atoms with Gasteiger partial charge in [0.15, 0.2) is 0 Å². The molecule has 1 aromatic carbocycles. The van der Waals surface area contributed by atoms with Gasteiger partial charge < -0.3 is 10.2 Å². The van der Waals surface area contributed by atoms with Crippen LogP contribution in [-0.4, -0.2) is 54.3 Å². The number of urea groups is 1. The second-order valence-corrected chi connectivity index (χ2v) is 5.85. The maximum absolute atomic E-state index is 12.1. The van der Waals surface area contributed by atoms with Crippen LogP contribution < -0.4 is 21.0 Å². The van der Waals surface area contributed by atoms with Crippen molar-refractivity contribution in [3.8, 4) is 0 Å². The van der Waals surface area contributed by atoms with E-state index < -0.39 is 23.8 Å². The first-order chi connectivity index (χ1) is 12.4. The smallest absolute Gasteiger partial charge is 0.343 e. The Labute approximate surface area is 148 Å². The number of imide groups is 1. The van der Waals surface area contributed by atoms with Crippen LogP contribution in [0.3, 0.4) is 0 Å². The van der Waals surface area contributed by atoms with Crippen molar-refractivity contribution in [2.75, 3.05) is 24.5 Å². The third-order valence-electron chi connectivity index (χ3n) is 3.98. The molecule has 26 heavy (non-hydrogen) atoms. The maximum Gasteiger partial charge on any atom is 0.343 e. The zero-order valence-corrected chi connectivity index (χ0v) is 13.8. The van der Waals surface area contributed by atoms with E-state index in [1.165, 1.54) is 0 Å². The summed E-state index contributed by atoms with van der Waals surface area (Å²) >= 11 is 0. The highest BCUT2D eigenvalue weighted by Gasteiger charge is 2.28. The molecule has 3 rings (SSSR count). The third-order valence-corrected chi connectivity index (χ3v) is 3.98. The molecule has 0 unspecified atom stereocenters. The van der Waals surface area contributed by atoms with Gasteiger partial charge in [0.05, 0.1) is 6.54 Å². The van der Waals surface area contributed by atoms with Gasteiger partial charge in [0.25, 0.3) is 11.8 Å². The van der Waals surface area contributed by atoms with Crippen molar-refractivity contribution in [2.24, 2.45) is 0 Å². The number of rotatable bonds is 5. The Morgan fingerprint density at radius 3 is 2.42 bits per heavy atom. The van der Waals surface area contributed by atoms with Crippen LogP contribution in [0.1, 0.15) is 23.2 Å². The Hall–Kier alpha value is -3.43. The maximum atomic E-state index is 12.1. The van der Waals surface area contributed by atoms with Gasteiger partial charge in [0.2, 0.25) is 11.8 Å². The van der Waals surface area contributed by atoms with Crippen molar-refractivity contribution in [2.45, 2.75) is 12.8 Å². The number of anilines is 1. The first-order valence-electron chi connectivity index (χ1n) is 8.03. The summed E-state index contributed by atoms with van der Waals surface area (Å²) in [6.45, 7) is 0.0372. The fraction of sp³-hybridized carbons (Fsp3) is 0.312. The summed E-state index contributed by atoms with van der Waals surface area (Å²) in [5.41, 5.74) is 3.28. The summed E-state index contributed by atoms with van der Waals surface area (Å²) < 4.78 is 0. The minimum absolute atomic E-state index is 0.0586. The highest BCUT2D eigenvalue weighted by Crippen LogP contribution is 2.21. The largest absolute Gasteiger partial charge is 0.343 e. The molecule has 0 saturated carbocycles. The van der Waals surface area contributed by atoms with Gasteiger partial charge in [-0.1, -0.05) is 0 Å². The van der Waals surface area contributed by atoms with Crippen LogP contribution in [0.5, 0.6) is 0 Å². The highest BCUT2D eigenvalue weighted by atomic mass is 16.2. The van der Waals surface area contributed by atoms with Crippen LogP contribution in [-0.2, 0) is 14.4 Å². The second-order valence-electron chi connectivity index (χ2n) is 5.85. The molecule has 10 nitrogen and oxygen atoms in total. The van der Waals surface area contributed by atoms with Crippen molar-refractivity contribution in [1.82, 2.24) is 21.1 Å². The van der Waals surface area contributed by atoms with E-state index in [2.05, 4.69) is 10.7 Å². The van der Waals surface area contributed by atoms with Crippen molar-refractivity contribution < 1.29 is 24.0 Å². The van der Waals surface area contributed by atoms with Gasteiger partial charge in [0.1, 0.15) is 6.54 Å². The van der Waals surface area contributed by atoms with Crippen LogP contribution in [0, 0.1) is 0 Å². The molecular weight excluding hydrogens is 342 g/mol. The van der Waals surface area contributed by atoms with Crippen molar-refractivity contribution >= 4 is 35.3 Å². The van der Waals surface area contributed by atoms with Crippen molar-refractivity contribution in [1.29, 1.82) is 0 Å². The highest BCUT2D eigenvalue weighted by molar-refractivity contribution is 6.03. The van der Waals surface area contributed by atoms with Gasteiger partial charge in [-0.3, -0.25) is 29.9 Å². The quantitative estimate of drug-likeness (QED) is 0.589. The average molecular weight is 359 g/mol. The van der Waals surface area contributed by atoms with Crippen LogP contribution in [0.4, 0.5) is 10.5 Å². The van der Waals surface area contributed by atoms with Crippen molar-refractivity contribution in [3.05, 3.63) is 29.8 Å². The van der Waals surface area contributed by atoms with E-state index in [9.17, 15) is 24.0 Å². The first kappa shape index (κ1) is 17.4. The fourth-order valence-corrected chi connectivity index (χ4v) is 2.70. The van der Waals surface area contributed by atoms with Crippen LogP contribution in [0.15, 0.2) is 24.3 Å². The Morgan fingerprint density at radius 2 is 1.85 bits per heavy atom. The average Bonchev–Trinajstić information content (AvgIpc) is 3.18. The van der Waals surface area contributed by atoms with Gasteiger partial charge in [-0.15, -0.1) is 0 Å². The van der Waals surface area contributed by atoms with Crippen molar-refractivity contribution in [3.63, 3.8) is 0 Å². The number of carbonyl (C=O) groups excluding carboxylic acids is 5. The van der Waals surface area contributed by atoms with Gasteiger partial charge in [0, 0.05) is 24.2 Å². The molecule has 2 heterocycles. The zero-order chi connectivity index (χ0) is 18.7. The summed E-state index contributed by atoms with van der Waals surface area (Å²) in [6.07, 6.45) is 1.34. The van der Waals surface area contributed by atoms with E-state index in [0.29, 0.717) is 18.5 Å². The molecule has 0 spiro atoms. The van der Waals surface area contributed by atoms with E-state index in [-0.39, 0.29) is 19.0 Å². The molecule has 10 heteroatoms. The Balaban J connectivity index is 1.50. The van der Waals surface area contributed by atoms with Gasteiger partial charge in [-0.2, -0.15) is 0 Å². The van der Waals surface area contributed by atoms with Crippen LogP contribution in [0.2, 0.25) is 0 Å². The lowest BCUT2D eigenvalue weighted by Gasteiger charge is -2.16. The minimum Gasteiger partial charge on any atom is -0.343 e. The van der Waals surface area contributed by atoms with E-state index in [4.69, 9.17) is 0 Å². The van der Waals surface area contributed by atoms with E-state index in [1.54, 1.807) is 29.2 Å². The predicted molar refractivity (Wildman–Crippen MR) is 88.7 cm³/mol. The number of carbonyl (C=O) groups is 5. The molecule has 2 fully saturated rings. The fourth-order valence-electron chi connectivity index (χ4n) is 2.70. The molecule has 0 bridgehead atoms. The van der Waals surface area contributed by atoms with Gasteiger partial charge in [-0.25, -0.2) is 9.80 Å². The van der Waals surface area contributed by atoms with E-state index in [0.717, 1.165) is 17.1 Å². The number of amides is 6. The lowest BCUT2D eigenvalue weighted by molar-refractivity contribution is -0.124. The standard InChI is InChI=1S/C16H17N5O5/c22-12(19-21-9-13(23)18-16(21)26)8-17-15(25)10-3-5-11(6-4-10)20-7-1-2-14(20)24/h3-6H,1-2,7-9H2,(H,17,25)(H,19,22)(H,18,23,26). The number of nitrogens with zero attached hydrogens (tertiary/aromatic N) is 2. The molecule has 0 atom stereocenters. The molecule has 3 N–H and O–H groups in total.